The third-order valence-corrected chi connectivity index (χ3v) is 2.64. The van der Waals surface area contributed by atoms with Crippen molar-refractivity contribution in [1.82, 2.24) is 4.90 Å². The summed E-state index contributed by atoms with van der Waals surface area (Å²) in [6.45, 7) is 0. The molecule has 2 rings (SSSR count). The Morgan fingerprint density at radius 3 is 2.47 bits per heavy atom. The van der Waals surface area contributed by atoms with E-state index in [-0.39, 0.29) is 29.9 Å². The minimum absolute atomic E-state index is 0. The van der Waals surface area contributed by atoms with Crippen LogP contribution in [0.3, 0.4) is 0 Å². The molecule has 0 N–H and O–H groups in total. The molecule has 0 saturated carbocycles. The third kappa shape index (κ3) is 2.57. The lowest BCUT2D eigenvalue weighted by molar-refractivity contribution is -0.645. The van der Waals surface area contributed by atoms with E-state index in [4.69, 9.17) is 0 Å². The molecule has 4 heteroatoms. The Labute approximate surface area is 118 Å². The van der Waals surface area contributed by atoms with Gasteiger partial charge >= 0.3 is 0 Å². The molecule has 0 spiro atoms. The molecular formula is C13H15IN2O. The smallest absolute Gasteiger partial charge is 0.260 e. The molecule has 0 fully saturated rings. The maximum absolute atomic E-state index is 12.0. The van der Waals surface area contributed by atoms with Gasteiger partial charge in [-0.3, -0.25) is 4.79 Å². The van der Waals surface area contributed by atoms with Crippen LogP contribution < -0.4 is 28.5 Å². The van der Waals surface area contributed by atoms with Gasteiger partial charge in [-0.2, -0.15) is 0 Å². The number of para-hydroxylation sites is 1. The van der Waals surface area contributed by atoms with E-state index in [0.29, 0.717) is 0 Å². The number of benzene rings is 1. The summed E-state index contributed by atoms with van der Waals surface area (Å²) in [6, 6.07) is 9.79. The molecule has 1 aromatic carbocycles. The van der Waals surface area contributed by atoms with Crippen molar-refractivity contribution in [1.29, 1.82) is 0 Å². The van der Waals surface area contributed by atoms with Crippen LogP contribution in [0.5, 0.6) is 0 Å². The van der Waals surface area contributed by atoms with Gasteiger partial charge in [-0.25, -0.2) is 4.57 Å². The van der Waals surface area contributed by atoms with E-state index in [0.717, 1.165) is 16.5 Å². The zero-order chi connectivity index (χ0) is 11.7. The summed E-state index contributed by atoms with van der Waals surface area (Å²) >= 11 is 0. The molecule has 0 aliphatic heterocycles. The first-order valence-electron chi connectivity index (χ1n) is 5.20. The molecule has 0 atom stereocenters. The average Bonchev–Trinajstić information content (AvgIpc) is 2.27. The highest BCUT2D eigenvalue weighted by atomic mass is 127. The molecule has 0 unspecified atom stereocenters. The summed E-state index contributed by atoms with van der Waals surface area (Å²) in [4.78, 5) is 13.6. The predicted molar refractivity (Wildman–Crippen MR) is 63.1 cm³/mol. The van der Waals surface area contributed by atoms with Crippen molar-refractivity contribution in [3.05, 3.63) is 42.1 Å². The number of hydrogen-bond donors (Lipinski definition) is 0. The Balaban J connectivity index is 0.00000144. The summed E-state index contributed by atoms with van der Waals surface area (Å²) in [5.41, 5.74) is 1.72. The third-order valence-electron chi connectivity index (χ3n) is 2.64. The predicted octanol–water partition coefficient (Wildman–Crippen LogP) is -1.63. The largest absolute Gasteiger partial charge is 1.00 e. The Bertz CT molecular complexity index is 547. The molecule has 1 heterocycles. The molecular weight excluding hydrogens is 327 g/mol. The van der Waals surface area contributed by atoms with Crippen molar-refractivity contribution < 1.29 is 33.3 Å². The molecule has 1 aromatic heterocycles. The second-order valence-electron chi connectivity index (χ2n) is 4.06. The lowest BCUT2D eigenvalue weighted by atomic mass is 10.1. The number of carbonyl (C=O) groups excluding carboxylic acids is 1. The molecule has 0 aliphatic rings. The monoisotopic (exact) mass is 342 g/mol. The molecule has 0 bridgehead atoms. The van der Waals surface area contributed by atoms with Crippen molar-refractivity contribution in [3.63, 3.8) is 0 Å². The minimum Gasteiger partial charge on any atom is -1.00 e. The molecule has 90 valence electrons. The Morgan fingerprint density at radius 1 is 1.18 bits per heavy atom. The van der Waals surface area contributed by atoms with Crippen LogP contribution in [0.1, 0.15) is 10.4 Å². The van der Waals surface area contributed by atoms with Gasteiger partial charge in [0.15, 0.2) is 6.20 Å². The van der Waals surface area contributed by atoms with E-state index in [9.17, 15) is 4.79 Å². The van der Waals surface area contributed by atoms with Crippen LogP contribution in [0.25, 0.3) is 10.9 Å². The maximum Gasteiger partial charge on any atom is 0.260 e. The van der Waals surface area contributed by atoms with Crippen molar-refractivity contribution in [3.8, 4) is 0 Å². The van der Waals surface area contributed by atoms with Crippen molar-refractivity contribution in [2.75, 3.05) is 14.1 Å². The highest BCUT2D eigenvalue weighted by molar-refractivity contribution is 6.04. The van der Waals surface area contributed by atoms with Gasteiger partial charge in [0.1, 0.15) is 12.6 Å². The summed E-state index contributed by atoms with van der Waals surface area (Å²) in [5, 5.41) is 1.08. The molecule has 1 amide bonds. The molecule has 3 nitrogen and oxygen atoms in total. The fourth-order valence-corrected chi connectivity index (χ4v) is 1.85. The minimum atomic E-state index is 0. The highest BCUT2D eigenvalue weighted by Gasteiger charge is 2.17. The number of pyridine rings is 1. The topological polar surface area (TPSA) is 24.2 Å². The number of carbonyl (C=O) groups is 1. The number of hydrogen-bond acceptors (Lipinski definition) is 1. The fraction of sp³-hybridized carbons (Fsp3) is 0.231. The number of nitrogens with zero attached hydrogens (tertiary/aromatic N) is 2. The normalized spacial score (nSPS) is 9.82. The van der Waals surface area contributed by atoms with Crippen molar-refractivity contribution in [2.45, 2.75) is 0 Å². The van der Waals surface area contributed by atoms with Gasteiger partial charge in [0, 0.05) is 25.5 Å². The van der Waals surface area contributed by atoms with E-state index >= 15 is 0 Å². The first kappa shape index (κ1) is 13.9. The molecule has 0 aliphatic carbocycles. The second-order valence-corrected chi connectivity index (χ2v) is 4.06. The van der Waals surface area contributed by atoms with Crippen LogP contribution in [0.15, 0.2) is 36.5 Å². The number of halogens is 1. The van der Waals surface area contributed by atoms with Crippen LogP contribution >= 0.6 is 0 Å². The summed E-state index contributed by atoms with van der Waals surface area (Å²) in [6.07, 6.45) is 1.95. The first-order chi connectivity index (χ1) is 7.61. The van der Waals surface area contributed by atoms with Gasteiger partial charge in [-0.15, -0.1) is 0 Å². The number of rotatable bonds is 1. The van der Waals surface area contributed by atoms with E-state index in [1.165, 1.54) is 0 Å². The first-order valence-corrected chi connectivity index (χ1v) is 5.20. The van der Waals surface area contributed by atoms with E-state index in [1.807, 2.05) is 48.1 Å². The van der Waals surface area contributed by atoms with Gasteiger partial charge in [-0.1, -0.05) is 6.07 Å². The molecule has 0 saturated heterocycles. The van der Waals surface area contributed by atoms with Gasteiger partial charge in [-0.05, 0) is 18.2 Å². The standard InChI is InChI=1S/C13H15N2O.HI/c1-14(2)13(16)11-8-4-6-10-7-5-9-15(3)12(10)11;/h4-9H,1-3H3;1H/q+1;/p-1. The van der Waals surface area contributed by atoms with Gasteiger partial charge in [0.25, 0.3) is 5.91 Å². The summed E-state index contributed by atoms with van der Waals surface area (Å²) in [5.74, 6) is 0.0346. The molecule has 2 aromatic rings. The number of aryl methyl sites for hydroxylation is 1. The molecule has 17 heavy (non-hydrogen) atoms. The Morgan fingerprint density at radius 2 is 1.82 bits per heavy atom. The molecule has 0 radical (unpaired) electrons. The highest BCUT2D eigenvalue weighted by Crippen LogP contribution is 2.15. The van der Waals surface area contributed by atoms with Gasteiger partial charge < -0.3 is 28.9 Å². The second kappa shape index (κ2) is 5.44. The number of amides is 1. The average molecular weight is 342 g/mol. The summed E-state index contributed by atoms with van der Waals surface area (Å²) in [7, 11) is 5.49. The van der Waals surface area contributed by atoms with Crippen LogP contribution in [0, 0.1) is 0 Å². The lowest BCUT2D eigenvalue weighted by Crippen LogP contribution is -3.00. The zero-order valence-corrected chi connectivity index (χ0v) is 12.3. The van der Waals surface area contributed by atoms with Crippen LogP contribution in [-0.2, 0) is 7.05 Å². The van der Waals surface area contributed by atoms with Crippen LogP contribution in [0.4, 0.5) is 0 Å². The van der Waals surface area contributed by atoms with E-state index in [2.05, 4.69) is 0 Å². The lowest BCUT2D eigenvalue weighted by Gasteiger charge is -2.10. The van der Waals surface area contributed by atoms with Crippen LogP contribution in [-0.4, -0.2) is 24.9 Å². The Kier molecular flexibility index (Phi) is 4.45. The fourth-order valence-electron chi connectivity index (χ4n) is 1.85. The number of fused-ring (bicyclic) bond motifs is 1. The Hall–Kier alpha value is -1.17. The van der Waals surface area contributed by atoms with Crippen LogP contribution in [0.2, 0.25) is 0 Å². The SMILES string of the molecule is CN(C)C(=O)c1cccc2ccc[n+](C)c12.[I-]. The zero-order valence-electron chi connectivity index (χ0n) is 10.1. The van der Waals surface area contributed by atoms with Gasteiger partial charge in [0.05, 0.1) is 0 Å². The summed E-state index contributed by atoms with van der Waals surface area (Å²) < 4.78 is 1.98. The van der Waals surface area contributed by atoms with Crippen molar-refractivity contribution >= 4 is 16.8 Å². The van der Waals surface area contributed by atoms with Gasteiger partial charge in [0.2, 0.25) is 5.52 Å². The van der Waals surface area contributed by atoms with E-state index < -0.39 is 0 Å². The quantitative estimate of drug-likeness (QED) is 0.451. The van der Waals surface area contributed by atoms with Crippen molar-refractivity contribution in [2.24, 2.45) is 7.05 Å². The number of aromatic nitrogens is 1. The van der Waals surface area contributed by atoms with E-state index in [1.54, 1.807) is 19.0 Å². The maximum atomic E-state index is 12.0.